The molecule has 324 valence electrons. The number of nitrogens with one attached hydrogen (secondary N) is 2. The van der Waals surface area contributed by atoms with Gasteiger partial charge in [0, 0.05) is 54.9 Å². The van der Waals surface area contributed by atoms with Gasteiger partial charge in [0.25, 0.3) is 5.56 Å². The number of pyridine rings is 1. The largest absolute Gasteiger partial charge is 0.384 e. The first-order valence-corrected chi connectivity index (χ1v) is 22.6. The molecule has 2 aromatic carbocycles. The van der Waals surface area contributed by atoms with Gasteiger partial charge in [0.2, 0.25) is 17.8 Å². The molecular weight excluding hydrogens is 797 g/mol. The average molecular weight is 849 g/mol. The van der Waals surface area contributed by atoms with Crippen LogP contribution in [0, 0.1) is 5.92 Å². The zero-order valence-electron chi connectivity index (χ0n) is 35.6. The summed E-state index contributed by atoms with van der Waals surface area (Å²) in [5, 5.41) is 22.8. The van der Waals surface area contributed by atoms with E-state index in [-0.39, 0.29) is 23.9 Å². The molecule has 2 saturated heterocycles. The van der Waals surface area contributed by atoms with E-state index in [9.17, 15) is 19.5 Å². The number of aromatic nitrogens is 6. The first kappa shape index (κ1) is 39.8. The number of imide groups is 1. The zero-order chi connectivity index (χ0) is 43.0. The van der Waals surface area contributed by atoms with Gasteiger partial charge in [0.15, 0.2) is 17.0 Å². The smallest absolute Gasteiger partial charge is 0.278 e. The number of amides is 2. The molecule has 3 atom stereocenters. The first-order chi connectivity index (χ1) is 30.7. The molecule has 4 aromatic heterocycles. The Morgan fingerprint density at radius 2 is 1.79 bits per heavy atom. The minimum atomic E-state index is -0.990. The number of anilines is 2. The maximum absolute atomic E-state index is 13.6. The summed E-state index contributed by atoms with van der Waals surface area (Å²) in [4.78, 5) is 57.6. The van der Waals surface area contributed by atoms with Crippen LogP contribution < -0.4 is 16.2 Å². The molecule has 1 unspecified atom stereocenters. The lowest BCUT2D eigenvalue weighted by Crippen LogP contribution is -2.47. The van der Waals surface area contributed by atoms with Crippen LogP contribution in [-0.4, -0.2) is 88.4 Å². The van der Waals surface area contributed by atoms with Crippen molar-refractivity contribution in [2.24, 2.45) is 5.92 Å². The van der Waals surface area contributed by atoms with Gasteiger partial charge >= 0.3 is 0 Å². The van der Waals surface area contributed by atoms with Crippen LogP contribution in [0.2, 0.25) is 0 Å². The number of allylic oxidation sites excluding steroid dienone is 1. The SMILES string of the molecule is C=CCn1c(=O)c2cnc(Nc3ccc4c(c3)CCN(C3CCN(C[C@@H]5Cc6ccc7c(C8CCC(=O)NC8=O)noc7c6C5)CC3)C4)nc2n1-c1ccc2c(n1)[C@@](O)(CC)CC2. The van der Waals surface area contributed by atoms with Crippen LogP contribution in [0.1, 0.15) is 90.6 Å². The van der Waals surface area contributed by atoms with Crippen molar-refractivity contribution < 1.29 is 19.2 Å². The molecule has 2 aliphatic carbocycles. The molecule has 6 aromatic rings. The van der Waals surface area contributed by atoms with E-state index in [1.54, 1.807) is 21.6 Å². The number of likely N-dealkylation sites (tertiary alicyclic amines) is 1. The van der Waals surface area contributed by atoms with E-state index < -0.39 is 11.5 Å². The van der Waals surface area contributed by atoms with Crippen molar-refractivity contribution in [1.29, 1.82) is 0 Å². The van der Waals surface area contributed by atoms with E-state index in [2.05, 4.69) is 61.4 Å². The van der Waals surface area contributed by atoms with Gasteiger partial charge < -0.3 is 19.8 Å². The highest BCUT2D eigenvalue weighted by Gasteiger charge is 2.38. The van der Waals surface area contributed by atoms with Gasteiger partial charge in [-0.05, 0) is 123 Å². The van der Waals surface area contributed by atoms with Gasteiger partial charge in [0.05, 0.1) is 18.2 Å². The molecule has 5 aliphatic rings. The van der Waals surface area contributed by atoms with Crippen LogP contribution in [0.15, 0.2) is 70.6 Å². The molecule has 11 rings (SSSR count). The standard InChI is InChI=1S/C48H52N10O5/c1-3-18-57-46(61)38-25-49-47(53-44(38)58(57)39-11-7-29-13-17-48(62,4-2)43(29)51-39)50-33-8-5-32-27-56(21-14-30(32)24-33)34-15-19-55(20-16-34)26-28-22-31-6-9-35-41(54-63-42(35)37(31)23-28)36-10-12-40(59)52-45(36)60/h3,5-9,11,24-25,28,34,36,62H,1,4,10,12-23,26-27H2,2H3,(H,49,50,53)(H,52,59,60)/t28-,36?,48-/m1/s1. The molecule has 0 saturated carbocycles. The number of carbonyl (C=O) groups is 2. The quantitative estimate of drug-likeness (QED) is 0.119. The molecule has 3 N–H and O–H groups in total. The van der Waals surface area contributed by atoms with Crippen molar-refractivity contribution in [3.8, 4) is 5.82 Å². The second-order valence-corrected chi connectivity index (χ2v) is 18.3. The maximum atomic E-state index is 13.6. The molecule has 2 amide bonds. The van der Waals surface area contributed by atoms with E-state index in [0.29, 0.717) is 71.8 Å². The Labute approximate surface area is 364 Å². The second kappa shape index (κ2) is 15.6. The Morgan fingerprint density at radius 1 is 0.952 bits per heavy atom. The molecule has 2 fully saturated rings. The summed E-state index contributed by atoms with van der Waals surface area (Å²) in [6.07, 6.45) is 11.2. The molecule has 0 spiro atoms. The number of piperidine rings is 2. The fraction of sp³-hybridized carbons (Fsp3) is 0.438. The fourth-order valence-electron chi connectivity index (χ4n) is 11.1. The summed E-state index contributed by atoms with van der Waals surface area (Å²) >= 11 is 0. The number of aliphatic hydroxyl groups is 1. The lowest BCUT2D eigenvalue weighted by Gasteiger charge is -2.41. The topological polar surface area (TPSA) is 177 Å². The van der Waals surface area contributed by atoms with Crippen molar-refractivity contribution in [1.82, 2.24) is 44.6 Å². The van der Waals surface area contributed by atoms with Crippen LogP contribution in [0.25, 0.3) is 27.8 Å². The molecule has 15 heteroatoms. The van der Waals surface area contributed by atoms with Gasteiger partial charge in [0.1, 0.15) is 16.7 Å². The van der Waals surface area contributed by atoms with Crippen molar-refractivity contribution >= 4 is 45.5 Å². The lowest BCUT2D eigenvalue weighted by molar-refractivity contribution is -0.134. The molecular formula is C48H52N10O5. The third kappa shape index (κ3) is 6.97. The van der Waals surface area contributed by atoms with E-state index >= 15 is 0 Å². The molecule has 0 bridgehead atoms. The van der Waals surface area contributed by atoms with Crippen molar-refractivity contribution in [3.05, 3.63) is 111 Å². The highest BCUT2D eigenvalue weighted by Crippen LogP contribution is 2.40. The summed E-state index contributed by atoms with van der Waals surface area (Å²) in [5.41, 5.74) is 8.45. The summed E-state index contributed by atoms with van der Waals surface area (Å²) in [6.45, 7) is 11.3. The number of nitrogens with zero attached hydrogens (tertiary/aromatic N) is 8. The number of hydrogen-bond acceptors (Lipinski definition) is 12. The summed E-state index contributed by atoms with van der Waals surface area (Å²) < 4.78 is 9.18. The van der Waals surface area contributed by atoms with Crippen molar-refractivity contribution in [2.75, 3.05) is 31.5 Å². The monoisotopic (exact) mass is 848 g/mol. The summed E-state index contributed by atoms with van der Waals surface area (Å²) in [7, 11) is 0. The van der Waals surface area contributed by atoms with Crippen LogP contribution in [0.5, 0.6) is 0 Å². The van der Waals surface area contributed by atoms with Crippen LogP contribution in [-0.2, 0) is 54.0 Å². The normalized spacial score (nSPS) is 23.0. The van der Waals surface area contributed by atoms with E-state index in [0.717, 1.165) is 93.5 Å². The van der Waals surface area contributed by atoms with Crippen molar-refractivity contribution in [3.63, 3.8) is 0 Å². The van der Waals surface area contributed by atoms with E-state index in [1.807, 2.05) is 25.1 Å². The summed E-state index contributed by atoms with van der Waals surface area (Å²) in [5.74, 6) is 0.441. The van der Waals surface area contributed by atoms with Crippen LogP contribution in [0.4, 0.5) is 11.6 Å². The fourth-order valence-corrected chi connectivity index (χ4v) is 11.1. The predicted molar refractivity (Wildman–Crippen MR) is 237 cm³/mol. The third-order valence-corrected chi connectivity index (χ3v) is 14.5. The molecule has 63 heavy (non-hydrogen) atoms. The Hall–Kier alpha value is -6.03. The summed E-state index contributed by atoms with van der Waals surface area (Å²) in [6, 6.07) is 15.2. The minimum absolute atomic E-state index is 0.227. The minimum Gasteiger partial charge on any atom is -0.384 e. The highest BCUT2D eigenvalue weighted by molar-refractivity contribution is 6.02. The van der Waals surface area contributed by atoms with Crippen molar-refractivity contribution in [2.45, 2.75) is 102 Å². The number of rotatable bonds is 10. The Balaban J connectivity index is 0.727. The number of fused-ring (bicyclic) bond motifs is 6. The molecule has 7 heterocycles. The van der Waals surface area contributed by atoms with Crippen LogP contribution >= 0.6 is 0 Å². The Kier molecular flexibility index (Phi) is 9.88. The number of hydrogen-bond donors (Lipinski definition) is 3. The molecule has 15 nitrogen and oxygen atoms in total. The Bertz CT molecular complexity index is 2890. The maximum Gasteiger partial charge on any atom is 0.278 e. The van der Waals surface area contributed by atoms with E-state index in [4.69, 9.17) is 14.5 Å². The van der Waals surface area contributed by atoms with Gasteiger partial charge in [-0.1, -0.05) is 36.4 Å². The number of aryl methyl sites for hydroxylation is 1. The third-order valence-electron chi connectivity index (χ3n) is 14.5. The molecule has 3 aliphatic heterocycles. The number of carbonyl (C=O) groups excluding carboxylic acids is 2. The van der Waals surface area contributed by atoms with Gasteiger partial charge in [-0.3, -0.25) is 24.6 Å². The predicted octanol–water partition coefficient (Wildman–Crippen LogP) is 5.35. The van der Waals surface area contributed by atoms with Gasteiger partial charge in [-0.2, -0.15) is 4.98 Å². The van der Waals surface area contributed by atoms with Gasteiger partial charge in [-0.15, -0.1) is 6.58 Å². The van der Waals surface area contributed by atoms with Crippen LogP contribution in [0.3, 0.4) is 0 Å². The molecule has 0 radical (unpaired) electrons. The first-order valence-electron chi connectivity index (χ1n) is 22.6. The van der Waals surface area contributed by atoms with Gasteiger partial charge in [-0.25, -0.2) is 19.3 Å². The lowest BCUT2D eigenvalue weighted by atomic mass is 9.92. The highest BCUT2D eigenvalue weighted by atomic mass is 16.5. The van der Waals surface area contributed by atoms with E-state index in [1.165, 1.54) is 22.3 Å². The number of benzene rings is 2. The average Bonchev–Trinajstić information content (AvgIpc) is 4.06. The second-order valence-electron chi connectivity index (χ2n) is 18.3. The Morgan fingerprint density at radius 3 is 2.62 bits per heavy atom. The zero-order valence-corrected chi connectivity index (χ0v) is 35.6.